The lowest BCUT2D eigenvalue weighted by molar-refractivity contribution is 0.101. The molecule has 4 rings (SSSR count). The molecule has 174 valence electrons. The van der Waals surface area contributed by atoms with E-state index >= 15 is 0 Å². The van der Waals surface area contributed by atoms with Crippen LogP contribution in [0, 0.1) is 19.7 Å². The fraction of sp³-hybridized carbons (Fsp3) is 0.370. The lowest BCUT2D eigenvalue weighted by Crippen LogP contribution is -2.36. The Morgan fingerprint density at radius 3 is 2.36 bits per heavy atom. The molecular weight excluding hydrogens is 417 g/mol. The average Bonchev–Trinajstić information content (AvgIpc) is 3.05. The lowest BCUT2D eigenvalue weighted by atomic mass is 10.0. The van der Waals surface area contributed by atoms with Crippen molar-refractivity contribution in [1.82, 2.24) is 4.57 Å². The number of ether oxygens (including phenoxy) is 1. The van der Waals surface area contributed by atoms with Gasteiger partial charge in [0.05, 0.1) is 25.4 Å². The van der Waals surface area contributed by atoms with Gasteiger partial charge >= 0.3 is 0 Å². The molecule has 5 nitrogen and oxygen atoms in total. The predicted octanol–water partition coefficient (Wildman–Crippen LogP) is 5.50. The summed E-state index contributed by atoms with van der Waals surface area (Å²) >= 11 is 0. The number of rotatable bonds is 6. The van der Waals surface area contributed by atoms with E-state index in [1.807, 2.05) is 48.7 Å². The first-order valence-corrected chi connectivity index (χ1v) is 11.5. The first-order chi connectivity index (χ1) is 15.9. The Kier molecular flexibility index (Phi) is 6.84. The van der Waals surface area contributed by atoms with E-state index in [2.05, 4.69) is 24.1 Å². The topological polar surface area (TPSA) is 46.5 Å². The van der Waals surface area contributed by atoms with Gasteiger partial charge in [-0.05, 0) is 43.5 Å². The van der Waals surface area contributed by atoms with Crippen LogP contribution in [0.1, 0.15) is 52.6 Å². The molecule has 1 aliphatic rings. The Bertz CT molecular complexity index is 1130. The van der Waals surface area contributed by atoms with Crippen LogP contribution in [0.4, 0.5) is 15.8 Å². The molecule has 1 N–H and O–H groups in total. The Morgan fingerprint density at radius 2 is 1.73 bits per heavy atom. The summed E-state index contributed by atoms with van der Waals surface area (Å²) in [4.78, 5) is 15.8. The Labute approximate surface area is 195 Å². The van der Waals surface area contributed by atoms with Crippen LogP contribution in [0.5, 0.6) is 0 Å². The normalized spacial score (nSPS) is 14.1. The van der Waals surface area contributed by atoms with E-state index in [0.29, 0.717) is 36.9 Å². The van der Waals surface area contributed by atoms with Crippen LogP contribution in [0.3, 0.4) is 0 Å². The molecule has 0 atom stereocenters. The number of carbonyl (C=O) groups excluding carboxylic acids is 1. The zero-order chi connectivity index (χ0) is 23.5. The summed E-state index contributed by atoms with van der Waals surface area (Å²) in [6, 6.07) is 14.7. The number of nitrogens with one attached hydrogen (secondary N) is 1. The molecule has 3 aromatic rings. The summed E-state index contributed by atoms with van der Waals surface area (Å²) < 4.78 is 22.0. The molecule has 33 heavy (non-hydrogen) atoms. The molecule has 6 heteroatoms. The van der Waals surface area contributed by atoms with Crippen LogP contribution in [0.2, 0.25) is 0 Å². The molecule has 2 aromatic carbocycles. The van der Waals surface area contributed by atoms with Crippen molar-refractivity contribution < 1.29 is 13.9 Å². The summed E-state index contributed by atoms with van der Waals surface area (Å²) in [5.74, 6) is -0.0377. The van der Waals surface area contributed by atoms with Gasteiger partial charge in [-0.1, -0.05) is 44.2 Å². The zero-order valence-corrected chi connectivity index (χ0v) is 19.8. The number of benzene rings is 2. The number of aromatic nitrogens is 1. The molecule has 0 aliphatic carbocycles. The third kappa shape index (κ3) is 4.81. The van der Waals surface area contributed by atoms with Crippen molar-refractivity contribution in [1.29, 1.82) is 0 Å². The molecule has 1 saturated heterocycles. The van der Waals surface area contributed by atoms with Crippen LogP contribution >= 0.6 is 0 Å². The first kappa shape index (κ1) is 23.1. The molecule has 2 heterocycles. The fourth-order valence-corrected chi connectivity index (χ4v) is 4.56. The maximum atomic E-state index is 14.5. The monoisotopic (exact) mass is 449 g/mol. The molecule has 0 spiro atoms. The predicted molar refractivity (Wildman–Crippen MR) is 131 cm³/mol. The second-order valence-electron chi connectivity index (χ2n) is 8.92. The molecular formula is C27H32FN3O2. The summed E-state index contributed by atoms with van der Waals surface area (Å²) in [6.45, 7) is 11.4. The van der Waals surface area contributed by atoms with Gasteiger partial charge in [0.2, 0.25) is 0 Å². The zero-order valence-electron chi connectivity index (χ0n) is 19.8. The molecule has 1 aliphatic heterocycles. The minimum absolute atomic E-state index is 0.191. The van der Waals surface area contributed by atoms with Crippen molar-refractivity contribution in [2.45, 2.75) is 40.2 Å². The third-order valence-corrected chi connectivity index (χ3v) is 6.39. The van der Waals surface area contributed by atoms with Crippen molar-refractivity contribution in [3.8, 4) is 0 Å². The van der Waals surface area contributed by atoms with Gasteiger partial charge in [0.15, 0.2) is 0 Å². The number of morpholine rings is 1. The molecule has 1 fully saturated rings. The SMILES string of the molecule is Cc1c(N2CCOCC2)c(C)n(Cc2ccccc2F)c1C(=O)Nc1ccc(C(C)C)cc1. The van der Waals surface area contributed by atoms with Gasteiger partial charge in [-0.15, -0.1) is 0 Å². The molecule has 0 radical (unpaired) electrons. The van der Waals surface area contributed by atoms with Crippen LogP contribution in [0.15, 0.2) is 48.5 Å². The number of hydrogen-bond donors (Lipinski definition) is 1. The maximum Gasteiger partial charge on any atom is 0.272 e. The number of carbonyl (C=O) groups is 1. The number of nitrogens with zero attached hydrogens (tertiary/aromatic N) is 2. The van der Waals surface area contributed by atoms with Crippen LogP contribution in [-0.4, -0.2) is 36.8 Å². The summed E-state index contributed by atoms with van der Waals surface area (Å²) in [5.41, 5.74) is 5.98. The number of amides is 1. The summed E-state index contributed by atoms with van der Waals surface area (Å²) in [7, 11) is 0. The molecule has 1 amide bonds. The van der Waals surface area contributed by atoms with E-state index < -0.39 is 0 Å². The Morgan fingerprint density at radius 1 is 1.06 bits per heavy atom. The van der Waals surface area contributed by atoms with Crippen molar-refractivity contribution in [2.75, 3.05) is 36.5 Å². The van der Waals surface area contributed by atoms with E-state index in [1.165, 1.54) is 11.6 Å². The van der Waals surface area contributed by atoms with Crippen molar-refractivity contribution in [3.05, 3.63) is 82.4 Å². The van der Waals surface area contributed by atoms with Gasteiger partial charge in [-0.2, -0.15) is 0 Å². The molecule has 0 bridgehead atoms. The Hall–Kier alpha value is -3.12. The van der Waals surface area contributed by atoms with Gasteiger partial charge in [0, 0.05) is 35.6 Å². The number of hydrogen-bond acceptors (Lipinski definition) is 3. The van der Waals surface area contributed by atoms with Gasteiger partial charge in [0.1, 0.15) is 11.5 Å². The van der Waals surface area contributed by atoms with Gasteiger partial charge in [-0.25, -0.2) is 4.39 Å². The van der Waals surface area contributed by atoms with Gasteiger partial charge < -0.3 is 19.5 Å². The molecule has 0 unspecified atom stereocenters. The van der Waals surface area contributed by atoms with Crippen molar-refractivity contribution in [2.24, 2.45) is 0 Å². The average molecular weight is 450 g/mol. The quantitative estimate of drug-likeness (QED) is 0.540. The molecule has 1 aromatic heterocycles. The van der Waals surface area contributed by atoms with Crippen LogP contribution in [0.25, 0.3) is 0 Å². The smallest absolute Gasteiger partial charge is 0.272 e. The van der Waals surface area contributed by atoms with E-state index in [-0.39, 0.29) is 11.7 Å². The molecule has 0 saturated carbocycles. The minimum Gasteiger partial charge on any atom is -0.378 e. The second-order valence-corrected chi connectivity index (χ2v) is 8.92. The minimum atomic E-state index is -0.271. The van der Waals surface area contributed by atoms with Crippen LogP contribution in [-0.2, 0) is 11.3 Å². The second kappa shape index (κ2) is 9.79. The van der Waals surface area contributed by atoms with E-state index in [0.717, 1.165) is 35.7 Å². The highest BCUT2D eigenvalue weighted by atomic mass is 19.1. The largest absolute Gasteiger partial charge is 0.378 e. The van der Waals surface area contributed by atoms with Crippen LogP contribution < -0.4 is 10.2 Å². The van der Waals surface area contributed by atoms with E-state index in [4.69, 9.17) is 4.74 Å². The van der Waals surface area contributed by atoms with Crippen molar-refractivity contribution in [3.63, 3.8) is 0 Å². The Balaban J connectivity index is 1.72. The highest BCUT2D eigenvalue weighted by Crippen LogP contribution is 2.33. The first-order valence-electron chi connectivity index (χ1n) is 11.5. The lowest BCUT2D eigenvalue weighted by Gasteiger charge is -2.29. The summed E-state index contributed by atoms with van der Waals surface area (Å²) in [6.07, 6.45) is 0. The maximum absolute atomic E-state index is 14.5. The number of anilines is 2. The van der Waals surface area contributed by atoms with Crippen molar-refractivity contribution >= 4 is 17.3 Å². The third-order valence-electron chi connectivity index (χ3n) is 6.39. The van der Waals surface area contributed by atoms with Gasteiger partial charge in [-0.3, -0.25) is 4.79 Å². The highest BCUT2D eigenvalue weighted by molar-refractivity contribution is 6.05. The summed E-state index contributed by atoms with van der Waals surface area (Å²) in [5, 5.41) is 3.05. The van der Waals surface area contributed by atoms with Gasteiger partial charge in [0.25, 0.3) is 5.91 Å². The standard InChI is InChI=1S/C27H32FN3O2/c1-18(2)21-9-11-23(12-10-21)29-27(32)26-19(3)25(30-13-15-33-16-14-30)20(4)31(26)17-22-7-5-6-8-24(22)28/h5-12,18H,13-17H2,1-4H3,(H,29,32). The van der Waals surface area contributed by atoms with E-state index in [9.17, 15) is 9.18 Å². The number of halogens is 1. The van der Waals surface area contributed by atoms with E-state index in [1.54, 1.807) is 12.1 Å². The highest BCUT2D eigenvalue weighted by Gasteiger charge is 2.27. The fourth-order valence-electron chi connectivity index (χ4n) is 4.56.